The molecule has 9 nitrogen and oxygen atoms in total. The van der Waals surface area contributed by atoms with Crippen LogP contribution >= 0.6 is 0 Å². The molecule has 2 fully saturated rings. The van der Waals surface area contributed by atoms with Gasteiger partial charge in [-0.3, -0.25) is 9.69 Å². The van der Waals surface area contributed by atoms with Crippen molar-refractivity contribution in [1.82, 2.24) is 24.5 Å². The van der Waals surface area contributed by atoms with Crippen LogP contribution in [0.15, 0.2) is 35.3 Å². The van der Waals surface area contributed by atoms with Gasteiger partial charge in [-0.05, 0) is 30.5 Å². The maximum Gasteiger partial charge on any atom is 0.276 e. The minimum Gasteiger partial charge on any atom is -0.497 e. The van der Waals surface area contributed by atoms with Gasteiger partial charge in [-0.2, -0.15) is 5.10 Å². The van der Waals surface area contributed by atoms with E-state index in [0.29, 0.717) is 24.5 Å². The number of aromatic amines is 1. The van der Waals surface area contributed by atoms with Gasteiger partial charge in [-0.1, -0.05) is 12.1 Å². The molecule has 2 aromatic heterocycles. The number of aromatic nitrogens is 4. The van der Waals surface area contributed by atoms with Gasteiger partial charge in [-0.15, -0.1) is 0 Å². The van der Waals surface area contributed by atoms with E-state index in [9.17, 15) is 4.79 Å². The minimum absolute atomic E-state index is 0.149. The van der Waals surface area contributed by atoms with E-state index < -0.39 is 0 Å². The fourth-order valence-electron chi connectivity index (χ4n) is 4.17. The summed E-state index contributed by atoms with van der Waals surface area (Å²) < 4.78 is 18.3. The first-order chi connectivity index (χ1) is 15.2. The van der Waals surface area contributed by atoms with Gasteiger partial charge in [0.1, 0.15) is 17.4 Å². The quantitative estimate of drug-likeness (QED) is 0.616. The fourth-order valence-corrected chi connectivity index (χ4v) is 4.17. The molecular weight excluding hydrogens is 398 g/mol. The Morgan fingerprint density at radius 1 is 1.19 bits per heavy atom. The Balaban J connectivity index is 1.19. The van der Waals surface area contributed by atoms with E-state index in [1.54, 1.807) is 17.8 Å². The number of nitrogens with one attached hydrogen (secondary N) is 1. The molecule has 0 aliphatic carbocycles. The number of hydrogen-bond donors (Lipinski definition) is 1. The van der Waals surface area contributed by atoms with Crippen molar-refractivity contribution in [3.05, 3.63) is 58.0 Å². The number of imidazole rings is 1. The molecule has 1 aromatic carbocycles. The molecule has 1 N–H and O–H groups in total. The van der Waals surface area contributed by atoms with E-state index in [-0.39, 0.29) is 17.6 Å². The average molecular weight is 425 g/mol. The van der Waals surface area contributed by atoms with Crippen LogP contribution in [0.1, 0.15) is 36.0 Å². The van der Waals surface area contributed by atoms with Crippen LogP contribution in [0.25, 0.3) is 5.52 Å². The number of likely N-dealkylation sites (tertiary alicyclic amines) is 1. The van der Waals surface area contributed by atoms with Gasteiger partial charge >= 0.3 is 0 Å². The third-order valence-corrected chi connectivity index (χ3v) is 6.00. The van der Waals surface area contributed by atoms with Crippen molar-refractivity contribution in [1.29, 1.82) is 0 Å². The number of methoxy groups -OCH3 is 1. The highest BCUT2D eigenvalue weighted by Crippen LogP contribution is 2.25. The normalized spacial score (nSPS) is 18.4. The number of H-pyrrole nitrogens is 1. The maximum absolute atomic E-state index is 12.5. The molecule has 5 rings (SSSR count). The van der Waals surface area contributed by atoms with Crippen LogP contribution < -0.4 is 10.3 Å². The van der Waals surface area contributed by atoms with E-state index in [1.165, 1.54) is 0 Å². The molecule has 9 heteroatoms. The first-order valence-electron chi connectivity index (χ1n) is 10.7. The van der Waals surface area contributed by atoms with Crippen LogP contribution in [0, 0.1) is 0 Å². The number of fused-ring (bicyclic) bond motifs is 1. The number of ether oxygens (including phenoxy) is 3. The molecule has 164 valence electrons. The SMILES string of the molecule is COc1ccc(COC2CN(Cc3nn4c(C5CCOCC5)ncc4c(=O)[nH]3)C2)cc1. The van der Waals surface area contributed by atoms with Gasteiger partial charge in [0.15, 0.2) is 5.52 Å². The summed E-state index contributed by atoms with van der Waals surface area (Å²) in [6.45, 7) is 4.23. The third kappa shape index (κ3) is 4.34. The van der Waals surface area contributed by atoms with Gasteiger partial charge < -0.3 is 19.2 Å². The molecule has 3 aromatic rings. The van der Waals surface area contributed by atoms with Gasteiger partial charge in [-0.25, -0.2) is 9.50 Å². The zero-order valence-corrected chi connectivity index (χ0v) is 17.6. The van der Waals surface area contributed by atoms with Gasteiger partial charge in [0.2, 0.25) is 0 Å². The van der Waals surface area contributed by atoms with E-state index in [2.05, 4.69) is 14.9 Å². The highest BCUT2D eigenvalue weighted by atomic mass is 16.5. The summed E-state index contributed by atoms with van der Waals surface area (Å²) >= 11 is 0. The Labute approximate surface area is 179 Å². The first kappa shape index (κ1) is 20.2. The lowest BCUT2D eigenvalue weighted by atomic mass is 10.00. The van der Waals surface area contributed by atoms with Gasteiger partial charge in [0, 0.05) is 32.2 Å². The summed E-state index contributed by atoms with van der Waals surface area (Å²) in [5.41, 5.74) is 1.47. The van der Waals surface area contributed by atoms with Crippen molar-refractivity contribution in [2.24, 2.45) is 0 Å². The molecule has 2 aliphatic rings. The molecule has 0 saturated carbocycles. The largest absolute Gasteiger partial charge is 0.497 e. The molecule has 0 bridgehead atoms. The van der Waals surface area contributed by atoms with E-state index in [0.717, 1.165) is 56.3 Å². The summed E-state index contributed by atoms with van der Waals surface area (Å²) in [5.74, 6) is 2.63. The molecule has 0 amide bonds. The second kappa shape index (κ2) is 8.78. The van der Waals surface area contributed by atoms with Crippen molar-refractivity contribution < 1.29 is 14.2 Å². The predicted molar refractivity (Wildman–Crippen MR) is 113 cm³/mol. The number of rotatable bonds is 7. The van der Waals surface area contributed by atoms with Crippen molar-refractivity contribution >= 4 is 5.52 Å². The lowest BCUT2D eigenvalue weighted by Crippen LogP contribution is -2.51. The first-order valence-corrected chi connectivity index (χ1v) is 10.7. The molecule has 2 saturated heterocycles. The van der Waals surface area contributed by atoms with E-state index >= 15 is 0 Å². The van der Waals surface area contributed by atoms with Crippen LogP contribution in [0.2, 0.25) is 0 Å². The molecular formula is C22H27N5O4. The Bertz CT molecular complexity index is 1080. The molecule has 0 unspecified atom stereocenters. The van der Waals surface area contributed by atoms with E-state index in [1.807, 2.05) is 24.3 Å². The smallest absolute Gasteiger partial charge is 0.276 e. The highest BCUT2D eigenvalue weighted by molar-refractivity contribution is 5.42. The molecule has 4 heterocycles. The Hall–Kier alpha value is -2.75. The fraction of sp³-hybridized carbons (Fsp3) is 0.500. The second-order valence-corrected chi connectivity index (χ2v) is 8.18. The third-order valence-electron chi connectivity index (χ3n) is 6.00. The highest BCUT2D eigenvalue weighted by Gasteiger charge is 2.28. The van der Waals surface area contributed by atoms with Crippen LogP contribution in [0.5, 0.6) is 5.75 Å². The number of hydrogen-bond acceptors (Lipinski definition) is 7. The zero-order chi connectivity index (χ0) is 21.2. The summed E-state index contributed by atoms with van der Waals surface area (Å²) in [6, 6.07) is 7.91. The topological polar surface area (TPSA) is 94.0 Å². The lowest BCUT2D eigenvalue weighted by Gasteiger charge is -2.38. The molecule has 0 atom stereocenters. The summed E-state index contributed by atoms with van der Waals surface area (Å²) in [4.78, 5) is 22.1. The zero-order valence-electron chi connectivity index (χ0n) is 17.6. The van der Waals surface area contributed by atoms with Crippen LogP contribution in [0.3, 0.4) is 0 Å². The molecule has 0 radical (unpaired) electrons. The van der Waals surface area contributed by atoms with Crippen molar-refractivity contribution in [3.8, 4) is 5.75 Å². The van der Waals surface area contributed by atoms with Gasteiger partial charge in [0.05, 0.1) is 32.6 Å². The van der Waals surface area contributed by atoms with E-state index in [4.69, 9.17) is 19.3 Å². The Kier molecular flexibility index (Phi) is 5.71. The van der Waals surface area contributed by atoms with Crippen LogP contribution in [0.4, 0.5) is 0 Å². The van der Waals surface area contributed by atoms with Crippen molar-refractivity contribution in [2.75, 3.05) is 33.4 Å². The average Bonchev–Trinajstić information content (AvgIpc) is 3.21. The van der Waals surface area contributed by atoms with Crippen LogP contribution in [-0.4, -0.2) is 64.0 Å². The lowest BCUT2D eigenvalue weighted by molar-refractivity contribution is -0.0668. The molecule has 2 aliphatic heterocycles. The monoisotopic (exact) mass is 425 g/mol. The van der Waals surface area contributed by atoms with Crippen molar-refractivity contribution in [3.63, 3.8) is 0 Å². The Morgan fingerprint density at radius 2 is 1.97 bits per heavy atom. The van der Waals surface area contributed by atoms with Gasteiger partial charge in [0.25, 0.3) is 5.56 Å². The van der Waals surface area contributed by atoms with Crippen LogP contribution in [-0.2, 0) is 22.6 Å². The number of nitrogens with zero attached hydrogens (tertiary/aromatic N) is 4. The summed E-state index contributed by atoms with van der Waals surface area (Å²) in [5, 5.41) is 4.69. The molecule has 0 spiro atoms. The minimum atomic E-state index is -0.149. The Morgan fingerprint density at radius 3 is 2.71 bits per heavy atom. The molecule has 31 heavy (non-hydrogen) atoms. The van der Waals surface area contributed by atoms with Crippen molar-refractivity contribution in [2.45, 2.75) is 38.0 Å². The predicted octanol–water partition coefficient (Wildman–Crippen LogP) is 1.72. The standard InChI is InChI=1S/C22H27N5O4/c1-29-17-4-2-15(3-5-17)14-31-18-11-26(12-18)13-20-24-22(28)19-10-23-21(27(19)25-20)16-6-8-30-9-7-16/h2-5,10,16,18H,6-9,11-14H2,1H3,(H,24,25,28). The summed E-state index contributed by atoms with van der Waals surface area (Å²) in [6.07, 6.45) is 3.61. The maximum atomic E-state index is 12.5. The summed E-state index contributed by atoms with van der Waals surface area (Å²) in [7, 11) is 1.66. The second-order valence-electron chi connectivity index (χ2n) is 8.18. The number of benzene rings is 1.